The fourth-order valence-electron chi connectivity index (χ4n) is 2.18. The predicted octanol–water partition coefficient (Wildman–Crippen LogP) is 7.54. The molecule has 6 heteroatoms. The molecule has 0 fully saturated rings. The summed E-state index contributed by atoms with van der Waals surface area (Å²) >= 11 is 0.382. The van der Waals surface area contributed by atoms with Crippen LogP contribution in [-0.2, 0) is 12.9 Å². The third-order valence-corrected chi connectivity index (χ3v) is 7.81. The Bertz CT molecular complexity index is 637. The van der Waals surface area contributed by atoms with E-state index in [9.17, 15) is 0 Å². The van der Waals surface area contributed by atoms with Crippen LogP contribution in [0.5, 0.6) is 0 Å². The van der Waals surface area contributed by atoms with Gasteiger partial charge < -0.3 is 0 Å². The topological polar surface area (TPSA) is 0 Å². The van der Waals surface area contributed by atoms with Gasteiger partial charge in [-0.2, -0.15) is 0 Å². The fraction of sp³-hybridized carbons (Fsp3) is 0.250. The molecule has 0 N–H and O–H groups in total. The summed E-state index contributed by atoms with van der Waals surface area (Å²) in [5.41, 5.74) is 0. The molecule has 0 amide bonds. The van der Waals surface area contributed by atoms with Gasteiger partial charge in [0.05, 0.1) is 0 Å². The second kappa shape index (κ2) is 19.7. The van der Waals surface area contributed by atoms with Gasteiger partial charge in [0.2, 0.25) is 0 Å². The molecule has 167 valence electrons. The molecule has 0 saturated carbocycles. The molecule has 3 aromatic rings. The van der Waals surface area contributed by atoms with E-state index in [1.54, 1.807) is 0 Å². The molecule has 0 spiro atoms. The molecule has 0 aliphatic carbocycles. The van der Waals surface area contributed by atoms with Gasteiger partial charge in [-0.05, 0) is 55.9 Å². The van der Waals surface area contributed by atoms with Gasteiger partial charge in [-0.1, -0.05) is 115 Å². The Morgan fingerprint density at radius 3 is 0.700 bits per heavy atom. The molecule has 0 nitrogen and oxygen atoms in total. The molecule has 0 heterocycles. The number of rotatable bonds is 3. The number of hydrogen-bond donors (Lipinski definition) is 0. The number of halogens is 2. The number of hydrogen-bond acceptors (Lipinski definition) is 0. The van der Waals surface area contributed by atoms with Crippen LogP contribution in [0.15, 0.2) is 91.0 Å². The zero-order valence-corrected chi connectivity index (χ0v) is 23.8. The Balaban J connectivity index is 0.000000394. The van der Waals surface area contributed by atoms with Crippen LogP contribution in [0.25, 0.3) is 0 Å². The second-order valence-electron chi connectivity index (χ2n) is 6.74. The van der Waals surface area contributed by atoms with Crippen molar-refractivity contribution < 1.29 is 12.9 Å². The molecule has 3 rings (SSSR count). The van der Waals surface area contributed by atoms with Crippen LogP contribution in [0.3, 0.4) is 0 Å². The van der Waals surface area contributed by atoms with E-state index in [1.165, 1.54) is 15.9 Å². The van der Waals surface area contributed by atoms with Crippen molar-refractivity contribution >= 4 is 60.0 Å². The van der Waals surface area contributed by atoms with Gasteiger partial charge in [0.25, 0.3) is 0 Å². The van der Waals surface area contributed by atoms with Crippen molar-refractivity contribution in [1.82, 2.24) is 0 Å². The first-order valence-corrected chi connectivity index (χ1v) is 18.9. The van der Waals surface area contributed by atoms with E-state index in [0.717, 1.165) is 0 Å². The van der Waals surface area contributed by atoms with Crippen LogP contribution in [0.1, 0.15) is 0 Å². The van der Waals surface area contributed by atoms with Crippen molar-refractivity contribution in [2.45, 2.75) is 0 Å². The first-order chi connectivity index (χ1) is 14.3. The van der Waals surface area contributed by atoms with E-state index < -0.39 is 0 Å². The molecule has 0 aromatic heterocycles. The zero-order valence-electron chi connectivity index (χ0n) is 18.6. The standard InChI is InChI=1S/3C8H11P.2ClH.Co/c3*1-9(2)8-6-4-3-5-7-8;;;/h3*3-7H,1-2H3;2*1H;/q;;;;;+2/p-2. The van der Waals surface area contributed by atoms with Crippen molar-refractivity contribution in [2.24, 2.45) is 0 Å². The minimum absolute atomic E-state index is 0.104. The Morgan fingerprint density at radius 2 is 0.600 bits per heavy atom. The second-order valence-corrected chi connectivity index (χ2v) is 15.4. The van der Waals surface area contributed by atoms with E-state index in [-0.39, 0.29) is 23.8 Å². The number of benzene rings is 3. The van der Waals surface area contributed by atoms with Gasteiger partial charge in [-0.25, -0.2) is 0 Å². The van der Waals surface area contributed by atoms with Crippen molar-refractivity contribution in [3.63, 3.8) is 0 Å². The van der Waals surface area contributed by atoms with Gasteiger partial charge in [-0.15, -0.1) is 0 Å². The Morgan fingerprint density at radius 1 is 0.433 bits per heavy atom. The van der Waals surface area contributed by atoms with E-state index in [0.29, 0.717) is 12.9 Å². The summed E-state index contributed by atoms with van der Waals surface area (Å²) < 4.78 is 0. The van der Waals surface area contributed by atoms with Crippen LogP contribution in [0, 0.1) is 0 Å². The quantitative estimate of drug-likeness (QED) is 0.299. The summed E-state index contributed by atoms with van der Waals surface area (Å²) in [6.07, 6.45) is 0. The molecule has 0 atom stereocenters. The van der Waals surface area contributed by atoms with Gasteiger partial charge in [-0.3, -0.25) is 0 Å². The summed E-state index contributed by atoms with van der Waals surface area (Å²) in [5.74, 6) is 0. The average molecular weight is 544 g/mol. The molecule has 30 heavy (non-hydrogen) atoms. The molecule has 0 unspecified atom stereocenters. The van der Waals surface area contributed by atoms with Crippen molar-refractivity contribution in [2.75, 3.05) is 40.0 Å². The van der Waals surface area contributed by atoms with E-state index in [4.69, 9.17) is 20.3 Å². The zero-order chi connectivity index (χ0) is 22.8. The molecular weight excluding hydrogens is 511 g/mol. The van der Waals surface area contributed by atoms with E-state index in [2.05, 4.69) is 131 Å². The van der Waals surface area contributed by atoms with Crippen LogP contribution in [-0.4, -0.2) is 40.0 Å². The van der Waals surface area contributed by atoms with Crippen LogP contribution in [0.4, 0.5) is 0 Å². The van der Waals surface area contributed by atoms with Gasteiger partial charge >= 0.3 is 33.2 Å². The predicted molar refractivity (Wildman–Crippen MR) is 146 cm³/mol. The average Bonchev–Trinajstić information content (AvgIpc) is 2.77. The van der Waals surface area contributed by atoms with Crippen LogP contribution in [0.2, 0.25) is 0 Å². The molecule has 0 radical (unpaired) electrons. The maximum absolute atomic E-state index is 4.73. The molecular formula is C24H33Cl2CoP3. The normalized spacial score (nSPS) is 9.83. The molecule has 0 aliphatic rings. The van der Waals surface area contributed by atoms with Crippen molar-refractivity contribution in [3.8, 4) is 0 Å². The fourth-order valence-corrected chi connectivity index (χ4v) is 4.48. The Kier molecular flexibility index (Phi) is 19.7. The van der Waals surface area contributed by atoms with Gasteiger partial charge in [0.15, 0.2) is 0 Å². The van der Waals surface area contributed by atoms with Gasteiger partial charge in [0, 0.05) is 0 Å². The van der Waals surface area contributed by atoms with Crippen molar-refractivity contribution in [1.29, 1.82) is 0 Å². The first kappa shape index (κ1) is 30.0. The van der Waals surface area contributed by atoms with Crippen LogP contribution >= 0.6 is 44.1 Å². The molecule has 0 saturated heterocycles. The van der Waals surface area contributed by atoms with E-state index >= 15 is 0 Å². The third kappa shape index (κ3) is 15.8. The summed E-state index contributed by atoms with van der Waals surface area (Å²) in [6, 6.07) is 31.9. The third-order valence-electron chi connectivity index (χ3n) is 3.82. The summed E-state index contributed by atoms with van der Waals surface area (Å²) in [4.78, 5) is 0. The van der Waals surface area contributed by atoms with Crippen molar-refractivity contribution in [3.05, 3.63) is 91.0 Å². The summed E-state index contributed by atoms with van der Waals surface area (Å²) in [5, 5.41) is 4.44. The summed E-state index contributed by atoms with van der Waals surface area (Å²) in [7, 11) is 9.78. The molecule has 0 bridgehead atoms. The van der Waals surface area contributed by atoms with E-state index in [1.807, 2.05) is 0 Å². The molecule has 0 aliphatic heterocycles. The first-order valence-electron chi connectivity index (χ1n) is 9.34. The van der Waals surface area contributed by atoms with Gasteiger partial charge in [0.1, 0.15) is 0 Å². The van der Waals surface area contributed by atoms with Crippen LogP contribution < -0.4 is 15.9 Å². The Hall–Kier alpha value is 0.0365. The maximum atomic E-state index is 4.73. The SMILES string of the molecule is CP(C)c1ccccc1.CP(C)c1ccccc1.CP(C)c1ccccc1.[Cl][Co][Cl]. The Labute approximate surface area is 202 Å². The summed E-state index contributed by atoms with van der Waals surface area (Å²) in [6.45, 7) is 13.6. The molecule has 3 aromatic carbocycles. The monoisotopic (exact) mass is 543 g/mol. The minimum atomic E-state index is 0.104.